The number of hydrogen-bond donors (Lipinski definition) is 4. The first-order valence-corrected chi connectivity index (χ1v) is 13.9. The van der Waals surface area contributed by atoms with Crippen molar-refractivity contribution in [2.24, 2.45) is 0 Å². The highest BCUT2D eigenvalue weighted by Crippen LogP contribution is 2.33. The number of rotatable bonds is 11. The van der Waals surface area contributed by atoms with Crippen molar-refractivity contribution in [3.63, 3.8) is 0 Å². The van der Waals surface area contributed by atoms with Crippen LogP contribution in [0.15, 0.2) is 97.1 Å². The molecular weight excluding hydrogens is 621 g/mol. The summed E-state index contributed by atoms with van der Waals surface area (Å²) >= 11 is 0. The molecule has 10 nitrogen and oxygen atoms in total. The molecule has 0 fully saturated rings. The van der Waals surface area contributed by atoms with Crippen molar-refractivity contribution >= 4 is 41.1 Å². The van der Waals surface area contributed by atoms with Gasteiger partial charge in [-0.3, -0.25) is 24.0 Å². The number of carbonyl (C=O) groups excluding carboxylic acids is 3. The lowest BCUT2D eigenvalue weighted by atomic mass is 9.81. The number of carboxylic acids is 2. The van der Waals surface area contributed by atoms with Crippen molar-refractivity contribution in [2.75, 3.05) is 17.2 Å². The summed E-state index contributed by atoms with van der Waals surface area (Å²) in [5, 5.41) is 24.8. The Bertz CT molecular complexity index is 1810. The number of aliphatic carboxylic acids is 2. The summed E-state index contributed by atoms with van der Waals surface area (Å²) < 4.78 is 44.3. The Kier molecular flexibility index (Phi) is 10.1. The van der Waals surface area contributed by atoms with Crippen molar-refractivity contribution in [2.45, 2.75) is 24.9 Å². The number of amides is 2. The van der Waals surface area contributed by atoms with Crippen LogP contribution in [-0.2, 0) is 41.9 Å². The molecule has 4 N–H and O–H groups in total. The summed E-state index contributed by atoms with van der Waals surface area (Å²) in [5.74, 6) is -5.56. The molecule has 0 aliphatic heterocycles. The van der Waals surface area contributed by atoms with E-state index in [2.05, 4.69) is 10.6 Å². The van der Waals surface area contributed by atoms with E-state index in [1.54, 1.807) is 24.3 Å². The van der Waals surface area contributed by atoms with E-state index in [0.29, 0.717) is 11.1 Å². The standard InChI is InChI=1S/C34H27F3N2O8/c1-20(40)38-28-17-21(18-29(41)47-19-33(31(43)44,32(45)46)23-7-3-2-4-8-23)11-16-27(28)39-30(42)26-10-6-5-9-25(26)22-12-14-24(15-13-22)34(35,36)37/h2-17H,18-19H2,1H3,(H,38,40)(H,39,42)(H,43,44)(H,45,46). The Balaban J connectivity index is 1.54. The minimum atomic E-state index is -4.53. The van der Waals surface area contributed by atoms with Crippen molar-refractivity contribution in [3.8, 4) is 11.1 Å². The maximum Gasteiger partial charge on any atom is 0.416 e. The van der Waals surface area contributed by atoms with Gasteiger partial charge < -0.3 is 25.6 Å². The summed E-state index contributed by atoms with van der Waals surface area (Å²) in [4.78, 5) is 62.2. The molecule has 242 valence electrons. The molecule has 4 aromatic rings. The smallest absolute Gasteiger partial charge is 0.416 e. The number of anilines is 2. The van der Waals surface area contributed by atoms with E-state index in [4.69, 9.17) is 4.74 Å². The van der Waals surface area contributed by atoms with Gasteiger partial charge in [-0.25, -0.2) is 0 Å². The number of nitrogens with one attached hydrogen (secondary N) is 2. The van der Waals surface area contributed by atoms with Crippen molar-refractivity contribution in [3.05, 3.63) is 119 Å². The van der Waals surface area contributed by atoms with Gasteiger partial charge in [-0.1, -0.05) is 66.7 Å². The van der Waals surface area contributed by atoms with Gasteiger partial charge in [0, 0.05) is 12.5 Å². The van der Waals surface area contributed by atoms with Gasteiger partial charge >= 0.3 is 24.1 Å². The molecule has 0 unspecified atom stereocenters. The van der Waals surface area contributed by atoms with Gasteiger partial charge in [0.2, 0.25) is 11.3 Å². The number of hydrogen-bond acceptors (Lipinski definition) is 6. The third-order valence-electron chi connectivity index (χ3n) is 7.13. The monoisotopic (exact) mass is 648 g/mol. The minimum Gasteiger partial charge on any atom is -0.480 e. The van der Waals surface area contributed by atoms with Gasteiger partial charge in [-0.2, -0.15) is 13.2 Å². The molecular formula is C34H27F3N2O8. The second kappa shape index (κ2) is 14.0. The third-order valence-corrected chi connectivity index (χ3v) is 7.13. The highest BCUT2D eigenvalue weighted by Gasteiger charge is 2.50. The normalized spacial score (nSPS) is 11.3. The van der Waals surface area contributed by atoms with Gasteiger partial charge in [-0.15, -0.1) is 0 Å². The second-order valence-electron chi connectivity index (χ2n) is 10.4. The number of ether oxygens (including phenoxy) is 1. The van der Waals surface area contributed by atoms with E-state index in [1.807, 2.05) is 0 Å². The molecule has 4 rings (SSSR count). The molecule has 13 heteroatoms. The lowest BCUT2D eigenvalue weighted by Crippen LogP contribution is -2.48. The summed E-state index contributed by atoms with van der Waals surface area (Å²) in [6.45, 7) is 0.221. The van der Waals surface area contributed by atoms with Gasteiger partial charge in [0.05, 0.1) is 23.4 Å². The fourth-order valence-electron chi connectivity index (χ4n) is 4.74. The number of esters is 1. The maximum absolute atomic E-state index is 13.4. The van der Waals surface area contributed by atoms with E-state index in [9.17, 15) is 47.4 Å². The topological polar surface area (TPSA) is 159 Å². The van der Waals surface area contributed by atoms with Crippen LogP contribution in [0.5, 0.6) is 0 Å². The van der Waals surface area contributed by atoms with Crippen LogP contribution in [0.2, 0.25) is 0 Å². The maximum atomic E-state index is 13.4. The number of carboxylic acid groups (broad SMARTS) is 2. The SMILES string of the molecule is CC(=O)Nc1cc(CC(=O)OCC(C(=O)O)(C(=O)O)c2ccccc2)ccc1NC(=O)c1ccccc1-c1ccc(C(F)(F)F)cc1. The minimum absolute atomic E-state index is 0.0952. The lowest BCUT2D eigenvalue weighted by Gasteiger charge is -2.25. The molecule has 0 aromatic heterocycles. The van der Waals surface area contributed by atoms with E-state index >= 15 is 0 Å². The van der Waals surface area contributed by atoms with Crippen LogP contribution in [-0.4, -0.2) is 46.5 Å². The van der Waals surface area contributed by atoms with Crippen LogP contribution in [0.4, 0.5) is 24.5 Å². The lowest BCUT2D eigenvalue weighted by molar-refractivity contribution is -0.164. The largest absolute Gasteiger partial charge is 0.480 e. The van der Waals surface area contributed by atoms with Crippen LogP contribution in [0.25, 0.3) is 11.1 Å². The zero-order valence-electron chi connectivity index (χ0n) is 24.6. The van der Waals surface area contributed by atoms with Gasteiger partial charge in [-0.05, 0) is 52.6 Å². The predicted molar refractivity (Wildman–Crippen MR) is 164 cm³/mol. The number of carbonyl (C=O) groups is 5. The third kappa shape index (κ3) is 7.82. The van der Waals surface area contributed by atoms with E-state index in [-0.39, 0.29) is 28.1 Å². The average Bonchev–Trinajstić information content (AvgIpc) is 3.02. The highest BCUT2D eigenvalue weighted by molar-refractivity contribution is 6.11. The van der Waals surface area contributed by atoms with Gasteiger partial charge in [0.1, 0.15) is 6.61 Å². The second-order valence-corrected chi connectivity index (χ2v) is 10.4. The fourth-order valence-corrected chi connectivity index (χ4v) is 4.74. The predicted octanol–water partition coefficient (Wildman–Crippen LogP) is 5.78. The molecule has 0 radical (unpaired) electrons. The molecule has 0 aliphatic rings. The zero-order chi connectivity index (χ0) is 34.4. The molecule has 0 atom stereocenters. The first kappa shape index (κ1) is 33.9. The first-order chi connectivity index (χ1) is 22.2. The van der Waals surface area contributed by atoms with Crippen molar-refractivity contribution in [1.29, 1.82) is 0 Å². The quantitative estimate of drug-likeness (QED) is 0.118. The molecule has 4 aromatic carbocycles. The van der Waals surface area contributed by atoms with E-state index in [0.717, 1.165) is 12.1 Å². The van der Waals surface area contributed by atoms with Crippen molar-refractivity contribution in [1.82, 2.24) is 0 Å². The van der Waals surface area contributed by atoms with E-state index < -0.39 is 59.9 Å². The number of benzene rings is 4. The molecule has 0 aliphatic carbocycles. The average molecular weight is 649 g/mol. The molecule has 0 spiro atoms. The van der Waals surface area contributed by atoms with Crippen LogP contribution >= 0.6 is 0 Å². The Morgan fingerprint density at radius 1 is 0.723 bits per heavy atom. The highest BCUT2D eigenvalue weighted by atomic mass is 19.4. The van der Waals surface area contributed by atoms with Gasteiger partial charge in [0.25, 0.3) is 5.91 Å². The molecule has 0 saturated heterocycles. The Morgan fingerprint density at radius 2 is 1.34 bits per heavy atom. The zero-order valence-corrected chi connectivity index (χ0v) is 24.6. The molecule has 0 bridgehead atoms. The van der Waals surface area contributed by atoms with Crippen LogP contribution < -0.4 is 10.6 Å². The summed E-state index contributed by atoms with van der Waals surface area (Å²) in [7, 11) is 0. The Hall–Kier alpha value is -5.98. The van der Waals surface area contributed by atoms with Crippen LogP contribution in [0, 0.1) is 0 Å². The molecule has 0 saturated carbocycles. The summed E-state index contributed by atoms with van der Waals surface area (Å²) in [5.41, 5.74) is -2.14. The summed E-state index contributed by atoms with van der Waals surface area (Å²) in [6.07, 6.45) is -4.97. The molecule has 2 amide bonds. The van der Waals surface area contributed by atoms with Crippen LogP contribution in [0.1, 0.15) is 34.0 Å². The molecule has 47 heavy (non-hydrogen) atoms. The fraction of sp³-hybridized carbons (Fsp3) is 0.147. The number of alkyl halides is 3. The summed E-state index contributed by atoms with van der Waals surface area (Å²) in [6, 6.07) is 21.9. The first-order valence-electron chi connectivity index (χ1n) is 13.9. The van der Waals surface area contributed by atoms with Gasteiger partial charge in [0.15, 0.2) is 0 Å². The van der Waals surface area contributed by atoms with Crippen molar-refractivity contribution < 1.29 is 52.1 Å². The van der Waals surface area contributed by atoms with E-state index in [1.165, 1.54) is 67.6 Å². The Labute approximate surface area is 265 Å². The Morgan fingerprint density at radius 3 is 1.94 bits per heavy atom. The molecule has 0 heterocycles. The van der Waals surface area contributed by atoms with Crippen LogP contribution in [0.3, 0.4) is 0 Å². The number of halogens is 3.